The first-order chi connectivity index (χ1) is 26.5. The standard InChI is InChI=1S/C47H70O7Si/c1-8-19-39-38(33(4)41(51-39)28-32(3)9-2)30-34(48)29-35-24-25-40-43(50-35)45-44(53-47(54-45)26-17-12-18-27-47)42(52-40)31-49-55(46(5,6)7,36-20-13-10-14-21-36)37-22-15-11-16-23-37/h10-11,13-16,20-23,32-33,35,38-45H,8-9,12,17-19,24-31H2,1-7H3/t32-,33-,35?,38-,39+,40+,41?,42+,43+,44-,45+/m1/s1. The minimum atomic E-state index is -2.80. The molecule has 4 saturated heterocycles. The molecule has 0 aromatic heterocycles. The van der Waals surface area contributed by atoms with Crippen molar-refractivity contribution >= 4 is 24.5 Å². The highest BCUT2D eigenvalue weighted by molar-refractivity contribution is 6.99. The van der Waals surface area contributed by atoms with E-state index in [1.54, 1.807) is 0 Å². The Balaban J connectivity index is 1.08. The molecule has 1 aliphatic carbocycles. The minimum absolute atomic E-state index is 0.138. The molecule has 2 aromatic rings. The Bertz CT molecular complexity index is 1480. The highest BCUT2D eigenvalue weighted by atomic mass is 28.4. The van der Waals surface area contributed by atoms with Crippen LogP contribution in [0.1, 0.15) is 132 Å². The van der Waals surface area contributed by atoms with Gasteiger partial charge in [-0.3, -0.25) is 4.79 Å². The van der Waals surface area contributed by atoms with Crippen molar-refractivity contribution in [1.29, 1.82) is 0 Å². The second-order valence-corrected chi connectivity index (χ2v) is 23.1. The van der Waals surface area contributed by atoms with Crippen molar-refractivity contribution in [3.05, 3.63) is 60.7 Å². The maximum atomic E-state index is 13.9. The fourth-order valence-corrected chi connectivity index (χ4v) is 15.4. The van der Waals surface area contributed by atoms with Crippen LogP contribution < -0.4 is 10.4 Å². The van der Waals surface area contributed by atoms with Gasteiger partial charge in [0.25, 0.3) is 8.32 Å². The first-order valence-corrected chi connectivity index (χ1v) is 24.0. The molecule has 0 bridgehead atoms. The van der Waals surface area contributed by atoms with E-state index in [9.17, 15) is 4.79 Å². The van der Waals surface area contributed by atoms with Crippen LogP contribution in [0.25, 0.3) is 0 Å². The van der Waals surface area contributed by atoms with E-state index in [1.165, 1.54) is 16.8 Å². The largest absolute Gasteiger partial charge is 0.405 e. The van der Waals surface area contributed by atoms with Gasteiger partial charge in [-0.15, -0.1) is 0 Å². The van der Waals surface area contributed by atoms with Crippen LogP contribution in [0.4, 0.5) is 0 Å². The van der Waals surface area contributed by atoms with Gasteiger partial charge < -0.3 is 28.1 Å². The van der Waals surface area contributed by atoms with E-state index in [0.717, 1.165) is 64.2 Å². The van der Waals surface area contributed by atoms with Crippen molar-refractivity contribution in [3.8, 4) is 0 Å². The monoisotopic (exact) mass is 774 g/mol. The predicted octanol–water partition coefficient (Wildman–Crippen LogP) is 8.93. The molecule has 1 saturated carbocycles. The van der Waals surface area contributed by atoms with E-state index in [-0.39, 0.29) is 59.8 Å². The van der Waals surface area contributed by atoms with Crippen molar-refractivity contribution in [2.24, 2.45) is 17.8 Å². The topological polar surface area (TPSA) is 72.5 Å². The number of ether oxygens (including phenoxy) is 5. The Hall–Kier alpha value is -1.91. The highest BCUT2D eigenvalue weighted by Gasteiger charge is 2.60. The zero-order chi connectivity index (χ0) is 38.8. The first kappa shape index (κ1) is 41.3. The summed E-state index contributed by atoms with van der Waals surface area (Å²) in [7, 11) is -2.80. The maximum absolute atomic E-state index is 13.9. The van der Waals surface area contributed by atoms with E-state index in [0.29, 0.717) is 37.1 Å². The molecule has 2 aromatic carbocycles. The number of hydrogen-bond acceptors (Lipinski definition) is 7. The number of hydrogen-bond donors (Lipinski definition) is 0. The summed E-state index contributed by atoms with van der Waals surface area (Å²) >= 11 is 0. The highest BCUT2D eigenvalue weighted by Crippen LogP contribution is 2.48. The SMILES string of the molecule is CCC[C@@H]1OC(C[C@H](C)CC)[C@H](C)[C@H]1CC(=O)CC1CC[C@@H]2O[C@@H](CO[Si](c3ccccc3)(c3ccccc3)C(C)(C)C)[C@H]3OC4(CCCCC4)O[C@H]3[C@H]2O1. The number of carbonyl (C=O) groups excluding carboxylic acids is 1. The fourth-order valence-electron chi connectivity index (χ4n) is 10.8. The lowest BCUT2D eigenvalue weighted by molar-refractivity contribution is -0.243. The van der Waals surface area contributed by atoms with Crippen LogP contribution in [0, 0.1) is 17.8 Å². The van der Waals surface area contributed by atoms with Crippen LogP contribution >= 0.6 is 0 Å². The second-order valence-electron chi connectivity index (χ2n) is 18.8. The van der Waals surface area contributed by atoms with Gasteiger partial charge >= 0.3 is 0 Å². The van der Waals surface area contributed by atoms with Gasteiger partial charge in [-0.1, -0.05) is 128 Å². The summed E-state index contributed by atoms with van der Waals surface area (Å²) in [6.07, 6.45) is 11.1. The van der Waals surface area contributed by atoms with Crippen LogP contribution in [0.5, 0.6) is 0 Å². The van der Waals surface area contributed by atoms with Crippen LogP contribution in [-0.4, -0.2) is 75.3 Å². The van der Waals surface area contributed by atoms with Gasteiger partial charge in [-0.2, -0.15) is 0 Å². The summed E-state index contributed by atoms with van der Waals surface area (Å²) < 4.78 is 42.2. The Morgan fingerprint density at radius 1 is 0.818 bits per heavy atom. The molecule has 0 radical (unpaired) electrons. The lowest BCUT2D eigenvalue weighted by atomic mass is 9.80. The molecule has 7 nitrogen and oxygen atoms in total. The van der Waals surface area contributed by atoms with Crippen molar-refractivity contribution in [2.75, 3.05) is 6.61 Å². The molecule has 11 atom stereocenters. The van der Waals surface area contributed by atoms with Gasteiger partial charge in [0.2, 0.25) is 0 Å². The van der Waals surface area contributed by atoms with Gasteiger partial charge in [0.05, 0.1) is 31.0 Å². The Labute approximate surface area is 333 Å². The smallest absolute Gasteiger partial charge is 0.261 e. The van der Waals surface area contributed by atoms with Gasteiger partial charge in [0.1, 0.15) is 30.2 Å². The zero-order valence-corrected chi connectivity index (χ0v) is 35.9. The van der Waals surface area contributed by atoms with E-state index < -0.39 is 14.1 Å². The third-order valence-electron chi connectivity index (χ3n) is 14.0. The molecule has 304 valence electrons. The van der Waals surface area contributed by atoms with Crippen molar-refractivity contribution in [1.82, 2.24) is 0 Å². The van der Waals surface area contributed by atoms with Gasteiger partial charge in [-0.05, 0) is 71.7 Å². The zero-order valence-electron chi connectivity index (χ0n) is 34.9. The fraction of sp³-hybridized carbons (Fsp3) is 0.723. The van der Waals surface area contributed by atoms with Crippen LogP contribution in [-0.2, 0) is 32.9 Å². The number of benzene rings is 2. The van der Waals surface area contributed by atoms with Crippen LogP contribution in [0.3, 0.4) is 0 Å². The number of fused-ring (bicyclic) bond motifs is 3. The van der Waals surface area contributed by atoms with Crippen molar-refractivity contribution in [2.45, 2.75) is 192 Å². The Morgan fingerprint density at radius 2 is 1.47 bits per heavy atom. The summed E-state index contributed by atoms with van der Waals surface area (Å²) in [5.41, 5.74) is 0. The maximum Gasteiger partial charge on any atom is 0.261 e. The van der Waals surface area contributed by atoms with E-state index in [2.05, 4.69) is 109 Å². The van der Waals surface area contributed by atoms with Crippen LogP contribution in [0.15, 0.2) is 60.7 Å². The lowest BCUT2D eigenvalue weighted by Crippen LogP contribution is -2.68. The summed E-state index contributed by atoms with van der Waals surface area (Å²) in [5, 5.41) is 2.36. The van der Waals surface area contributed by atoms with E-state index in [4.69, 9.17) is 28.1 Å². The Kier molecular flexibility index (Phi) is 13.1. The van der Waals surface area contributed by atoms with Gasteiger partial charge in [0, 0.05) is 25.7 Å². The average molecular weight is 775 g/mol. The van der Waals surface area contributed by atoms with E-state index >= 15 is 0 Å². The molecule has 7 rings (SSSR count). The van der Waals surface area contributed by atoms with Gasteiger partial charge in [0.15, 0.2) is 5.79 Å². The molecule has 8 heteroatoms. The quantitative estimate of drug-likeness (QED) is 0.178. The van der Waals surface area contributed by atoms with E-state index in [1.807, 2.05) is 0 Å². The van der Waals surface area contributed by atoms with Crippen molar-refractivity contribution < 1.29 is 32.9 Å². The number of rotatable bonds is 14. The lowest BCUT2D eigenvalue weighted by Gasteiger charge is -2.48. The molecule has 0 amide bonds. The number of carbonyl (C=O) groups is 1. The molecule has 5 aliphatic rings. The van der Waals surface area contributed by atoms with Gasteiger partial charge in [-0.25, -0.2) is 0 Å². The third kappa shape index (κ3) is 8.62. The summed E-state index contributed by atoms with van der Waals surface area (Å²) in [5.74, 6) is 0.982. The van der Waals surface area contributed by atoms with Crippen LogP contribution in [0.2, 0.25) is 5.04 Å². The first-order valence-electron chi connectivity index (χ1n) is 22.1. The minimum Gasteiger partial charge on any atom is -0.405 e. The molecule has 4 aliphatic heterocycles. The molecule has 2 unspecified atom stereocenters. The molecule has 1 spiro atoms. The normalized spacial score (nSPS) is 33.9. The molecule has 5 fully saturated rings. The second kappa shape index (κ2) is 17.5. The van der Waals surface area contributed by atoms with Crippen molar-refractivity contribution in [3.63, 3.8) is 0 Å². The number of ketones is 1. The molecule has 4 heterocycles. The summed E-state index contributed by atoms with van der Waals surface area (Å²) in [4.78, 5) is 13.9. The molecular weight excluding hydrogens is 705 g/mol. The molecule has 55 heavy (non-hydrogen) atoms. The summed E-state index contributed by atoms with van der Waals surface area (Å²) in [6, 6.07) is 21.6. The Morgan fingerprint density at radius 3 is 2.09 bits per heavy atom. The summed E-state index contributed by atoms with van der Waals surface area (Å²) in [6.45, 7) is 16.5. The predicted molar refractivity (Wildman–Crippen MR) is 220 cm³/mol. The third-order valence-corrected chi connectivity index (χ3v) is 19.0. The average Bonchev–Trinajstić information content (AvgIpc) is 3.68. The number of Topliss-reactive ketones (excluding diaryl/α,β-unsaturated/α-hetero) is 1. The molecular formula is C47H70O7Si. The molecule has 0 N–H and O–H groups in total.